The molecule has 0 radical (unpaired) electrons. The van der Waals surface area contributed by atoms with Gasteiger partial charge in [-0.25, -0.2) is 0 Å². The first kappa shape index (κ1) is 32.9. The number of aromatic nitrogens is 1. The van der Waals surface area contributed by atoms with Crippen molar-refractivity contribution in [3.8, 4) is 22.3 Å². The number of thiophene rings is 1. The summed E-state index contributed by atoms with van der Waals surface area (Å²) >= 11 is 1.90. The van der Waals surface area contributed by atoms with E-state index in [1.165, 1.54) is 69.9 Å². The van der Waals surface area contributed by atoms with Crippen LogP contribution in [0.2, 0.25) is 0 Å². The number of rotatable bonds is 2. The number of para-hydroxylation sites is 3. The Labute approximate surface area is 349 Å². The van der Waals surface area contributed by atoms with Crippen LogP contribution in [-0.4, -0.2) is 11.3 Å². The van der Waals surface area contributed by atoms with Crippen LogP contribution in [0.1, 0.15) is 26.3 Å². The molecule has 0 unspecified atom stereocenters. The van der Waals surface area contributed by atoms with Gasteiger partial charge < -0.3 is 18.2 Å². The van der Waals surface area contributed by atoms with Gasteiger partial charge in [-0.2, -0.15) is 0 Å². The second-order valence-corrected chi connectivity index (χ2v) is 18.6. The lowest BCUT2D eigenvalue weighted by Crippen LogP contribution is -2.57. The van der Waals surface area contributed by atoms with Crippen LogP contribution >= 0.6 is 11.3 Å². The van der Waals surface area contributed by atoms with E-state index >= 15 is 0 Å². The Kier molecular flexibility index (Phi) is 6.24. The zero-order chi connectivity index (χ0) is 39.6. The minimum atomic E-state index is -0.180. The molecule has 14 rings (SSSR count). The minimum absolute atomic E-state index is 0.0497. The summed E-state index contributed by atoms with van der Waals surface area (Å²) in [6.45, 7) is 6.72. The van der Waals surface area contributed by atoms with E-state index in [2.05, 4.69) is 188 Å². The molecular formula is C54H35BN2O2S. The van der Waals surface area contributed by atoms with E-state index in [1.807, 2.05) is 11.3 Å². The molecule has 4 aromatic heterocycles. The van der Waals surface area contributed by atoms with Crippen molar-refractivity contribution in [1.29, 1.82) is 0 Å². The Balaban J connectivity index is 1.23. The Hall–Kier alpha value is -7.02. The number of anilines is 3. The molecule has 0 N–H and O–H groups in total. The van der Waals surface area contributed by atoms with Crippen LogP contribution in [0.15, 0.2) is 167 Å². The number of furan rings is 2. The van der Waals surface area contributed by atoms with Crippen LogP contribution in [0.5, 0.6) is 0 Å². The van der Waals surface area contributed by atoms with Crippen LogP contribution in [0.25, 0.3) is 97.3 Å². The highest BCUT2D eigenvalue weighted by molar-refractivity contribution is 7.26. The quantitative estimate of drug-likeness (QED) is 0.164. The van der Waals surface area contributed by atoms with Crippen molar-refractivity contribution in [2.75, 3.05) is 4.90 Å². The van der Waals surface area contributed by atoms with E-state index in [0.29, 0.717) is 0 Å². The van der Waals surface area contributed by atoms with E-state index in [0.717, 1.165) is 60.9 Å². The second-order valence-electron chi connectivity index (χ2n) is 17.6. The number of nitrogens with zero attached hydrogens (tertiary/aromatic N) is 2. The van der Waals surface area contributed by atoms with Gasteiger partial charge in [-0.1, -0.05) is 130 Å². The average Bonchev–Trinajstić information content (AvgIpc) is 4.04. The van der Waals surface area contributed by atoms with Crippen molar-refractivity contribution in [3.63, 3.8) is 0 Å². The molecule has 282 valence electrons. The molecule has 4 nitrogen and oxygen atoms in total. The highest BCUT2D eigenvalue weighted by atomic mass is 32.1. The number of hydrogen-bond donors (Lipinski definition) is 0. The van der Waals surface area contributed by atoms with E-state index < -0.39 is 0 Å². The van der Waals surface area contributed by atoms with Crippen molar-refractivity contribution in [2.45, 2.75) is 26.2 Å². The molecule has 6 heteroatoms. The Bertz CT molecular complexity index is 3840. The van der Waals surface area contributed by atoms with Crippen LogP contribution in [0, 0.1) is 0 Å². The molecule has 0 amide bonds. The predicted molar refractivity (Wildman–Crippen MR) is 254 cm³/mol. The normalized spacial score (nSPS) is 13.5. The fourth-order valence-corrected chi connectivity index (χ4v) is 12.0. The van der Waals surface area contributed by atoms with E-state index in [-0.39, 0.29) is 12.3 Å². The maximum absolute atomic E-state index is 7.17. The van der Waals surface area contributed by atoms with Gasteiger partial charge in [-0.05, 0) is 81.6 Å². The molecule has 2 aliphatic heterocycles. The lowest BCUT2D eigenvalue weighted by molar-refractivity contribution is 0.590. The zero-order valence-electron chi connectivity index (χ0n) is 33.2. The van der Waals surface area contributed by atoms with Crippen molar-refractivity contribution in [2.24, 2.45) is 0 Å². The summed E-state index contributed by atoms with van der Waals surface area (Å²) in [7, 11) is 0. The molecule has 0 bridgehead atoms. The van der Waals surface area contributed by atoms with Gasteiger partial charge in [0, 0.05) is 64.7 Å². The zero-order valence-corrected chi connectivity index (χ0v) is 34.0. The van der Waals surface area contributed by atoms with Gasteiger partial charge in [0.2, 0.25) is 0 Å². The number of fused-ring (bicyclic) bond motifs is 17. The topological polar surface area (TPSA) is 34.5 Å². The fraction of sp³-hybridized carbons (Fsp3) is 0.0741. The summed E-state index contributed by atoms with van der Waals surface area (Å²) in [6, 6.07) is 57.8. The fourth-order valence-electron chi connectivity index (χ4n) is 10.7. The summed E-state index contributed by atoms with van der Waals surface area (Å²) in [5.74, 6) is 0. The van der Waals surface area contributed by atoms with Crippen LogP contribution in [0.3, 0.4) is 0 Å². The van der Waals surface area contributed by atoms with Gasteiger partial charge in [-0.15, -0.1) is 11.3 Å². The van der Waals surface area contributed by atoms with Crippen molar-refractivity contribution in [1.82, 2.24) is 4.48 Å². The van der Waals surface area contributed by atoms with Gasteiger partial charge in [0.05, 0.1) is 16.2 Å². The van der Waals surface area contributed by atoms with Gasteiger partial charge in [0.1, 0.15) is 16.7 Å². The molecular weight excluding hydrogens is 751 g/mol. The Morgan fingerprint density at radius 1 is 0.517 bits per heavy atom. The van der Waals surface area contributed by atoms with Gasteiger partial charge in [-0.3, -0.25) is 0 Å². The summed E-state index contributed by atoms with van der Waals surface area (Å²) in [5, 5.41) is 8.45. The van der Waals surface area contributed by atoms with Crippen molar-refractivity contribution < 1.29 is 8.83 Å². The molecule has 0 saturated carbocycles. The summed E-state index contributed by atoms with van der Waals surface area (Å²) in [4.78, 5) is 3.83. The van der Waals surface area contributed by atoms with E-state index in [1.54, 1.807) is 0 Å². The highest BCUT2D eigenvalue weighted by Crippen LogP contribution is 2.53. The van der Waals surface area contributed by atoms with E-state index in [9.17, 15) is 0 Å². The highest BCUT2D eigenvalue weighted by Gasteiger charge is 2.47. The number of benzene rings is 8. The van der Waals surface area contributed by atoms with Gasteiger partial charge in [0.25, 0.3) is 0 Å². The molecule has 0 atom stereocenters. The third-order valence-electron chi connectivity index (χ3n) is 13.3. The standard InChI is InChI=1S/C54H35BN2O2S/c1-54(2,3)31-24-25-40(37(28-31)30-14-5-4-6-15-30)56-41-26-27-44-47(34-17-8-11-22-43(34)58-44)49(41)55-48-38(29-39-32-16-7-10-21-42(32)59-52(39)51(48)56)33-19-13-20-36-46-35-18-9-12-23-45(35)60-53(46)57(55)50(33)36/h4-29H,1-3H3. The Morgan fingerprint density at radius 2 is 1.23 bits per heavy atom. The lowest BCUT2D eigenvalue weighted by atomic mass is 9.44. The number of hydrogen-bond acceptors (Lipinski definition) is 4. The second kappa shape index (κ2) is 11.4. The largest absolute Gasteiger partial charge is 0.456 e. The third-order valence-corrected chi connectivity index (χ3v) is 14.5. The SMILES string of the molecule is CC(C)(C)c1ccc(N2c3ccc4oc5ccccc5c4c3B3c4c(cc5c(oc6ccccc65)c42)-c2cccc4c5c6ccccc6sc5n3c24)c(-c2ccccc2)c1. The maximum atomic E-state index is 7.17. The van der Waals surface area contributed by atoms with Crippen molar-refractivity contribution in [3.05, 3.63) is 163 Å². The first-order chi connectivity index (χ1) is 29.4. The molecule has 0 spiro atoms. The molecule has 0 saturated heterocycles. The maximum Gasteiger partial charge on any atom is 0.334 e. The van der Waals surface area contributed by atoms with Gasteiger partial charge in [0.15, 0.2) is 5.58 Å². The van der Waals surface area contributed by atoms with Crippen LogP contribution in [-0.2, 0) is 5.41 Å². The van der Waals surface area contributed by atoms with Crippen LogP contribution in [0.4, 0.5) is 17.1 Å². The average molecular weight is 787 g/mol. The molecule has 6 heterocycles. The summed E-state index contributed by atoms with van der Waals surface area (Å²) in [5.41, 5.74) is 16.8. The molecule has 60 heavy (non-hydrogen) atoms. The summed E-state index contributed by atoms with van der Waals surface area (Å²) < 4.78 is 17.9. The van der Waals surface area contributed by atoms with Crippen LogP contribution < -0.4 is 15.8 Å². The molecule has 8 aromatic carbocycles. The van der Waals surface area contributed by atoms with E-state index in [4.69, 9.17) is 8.83 Å². The molecule has 2 aliphatic rings. The van der Waals surface area contributed by atoms with Crippen molar-refractivity contribution >= 4 is 121 Å². The Morgan fingerprint density at radius 3 is 2.07 bits per heavy atom. The first-order valence-electron chi connectivity index (χ1n) is 20.8. The van der Waals surface area contributed by atoms with Gasteiger partial charge >= 0.3 is 6.85 Å². The first-order valence-corrected chi connectivity index (χ1v) is 21.6. The predicted octanol–water partition coefficient (Wildman–Crippen LogP) is 14.2. The molecule has 0 fully saturated rings. The minimum Gasteiger partial charge on any atom is -0.456 e. The third kappa shape index (κ3) is 4.11. The summed E-state index contributed by atoms with van der Waals surface area (Å²) in [6.07, 6.45) is 0. The lowest BCUT2D eigenvalue weighted by Gasteiger charge is -2.41. The molecule has 12 aromatic rings. The monoisotopic (exact) mass is 786 g/mol. The smallest absolute Gasteiger partial charge is 0.334 e. The molecule has 0 aliphatic carbocycles.